The van der Waals surface area contributed by atoms with Gasteiger partial charge in [-0.2, -0.15) is 13.2 Å². The zero-order valence-electron chi connectivity index (χ0n) is 18.1. The van der Waals surface area contributed by atoms with E-state index in [1.807, 2.05) is 19.1 Å². The van der Waals surface area contributed by atoms with Crippen LogP contribution < -0.4 is 15.5 Å². The Morgan fingerprint density at radius 3 is 2.55 bits per heavy atom. The number of anilines is 3. The van der Waals surface area contributed by atoms with Crippen LogP contribution in [0.1, 0.15) is 29.5 Å². The van der Waals surface area contributed by atoms with E-state index in [2.05, 4.69) is 10.6 Å². The maximum atomic E-state index is 13.9. The van der Waals surface area contributed by atoms with Gasteiger partial charge < -0.3 is 25.0 Å². The van der Waals surface area contributed by atoms with Crippen molar-refractivity contribution in [2.75, 3.05) is 41.8 Å². The molecule has 1 amide bonds. The number of hydrogen-bond donors (Lipinski definition) is 2. The van der Waals surface area contributed by atoms with Crippen LogP contribution in [0.15, 0.2) is 42.6 Å². The molecule has 2 N–H and O–H groups in total. The molecule has 2 fully saturated rings. The summed E-state index contributed by atoms with van der Waals surface area (Å²) in [6, 6.07) is 9.68. The zero-order valence-corrected chi connectivity index (χ0v) is 18.1. The van der Waals surface area contributed by atoms with Crippen LogP contribution >= 0.6 is 0 Å². The summed E-state index contributed by atoms with van der Waals surface area (Å²) in [6.07, 6.45) is -2.03. The third kappa shape index (κ3) is 4.06. The van der Waals surface area contributed by atoms with Crippen LogP contribution in [-0.2, 0) is 20.4 Å². The molecule has 3 aliphatic rings. The topological polar surface area (TPSA) is 62.8 Å². The fourth-order valence-corrected chi connectivity index (χ4v) is 4.73. The number of benzene rings is 2. The summed E-state index contributed by atoms with van der Waals surface area (Å²) in [7, 11) is 0. The highest BCUT2D eigenvalue weighted by Gasteiger charge is 2.42. The third-order valence-corrected chi connectivity index (χ3v) is 6.40. The molecule has 2 saturated heterocycles. The first-order valence-electron chi connectivity index (χ1n) is 10.9. The second kappa shape index (κ2) is 8.07. The van der Waals surface area contributed by atoms with E-state index in [9.17, 15) is 18.0 Å². The molecule has 6 nitrogen and oxygen atoms in total. The molecule has 2 aromatic rings. The highest BCUT2D eigenvalue weighted by Crippen LogP contribution is 2.41. The number of alkyl halides is 3. The molecule has 0 atom stereocenters. The largest absolute Gasteiger partial charge is 0.418 e. The van der Waals surface area contributed by atoms with Crippen molar-refractivity contribution in [1.29, 1.82) is 0 Å². The number of nitrogens with one attached hydrogen (secondary N) is 2. The molecule has 3 heterocycles. The van der Waals surface area contributed by atoms with E-state index in [0.29, 0.717) is 50.4 Å². The number of fused-ring (bicyclic) bond motifs is 1. The van der Waals surface area contributed by atoms with Crippen molar-refractivity contribution in [2.24, 2.45) is 0 Å². The van der Waals surface area contributed by atoms with Crippen molar-refractivity contribution in [2.45, 2.75) is 31.7 Å². The Kier molecular flexibility index (Phi) is 5.33. The van der Waals surface area contributed by atoms with E-state index in [1.54, 1.807) is 17.0 Å². The number of aryl methyl sites for hydroxylation is 1. The van der Waals surface area contributed by atoms with Gasteiger partial charge in [0, 0.05) is 54.8 Å². The summed E-state index contributed by atoms with van der Waals surface area (Å²) < 4.78 is 53.2. The average molecular weight is 459 g/mol. The maximum Gasteiger partial charge on any atom is 0.418 e. The summed E-state index contributed by atoms with van der Waals surface area (Å²) in [6.45, 7) is 3.75. The quantitative estimate of drug-likeness (QED) is 0.648. The fourth-order valence-electron chi connectivity index (χ4n) is 4.73. The summed E-state index contributed by atoms with van der Waals surface area (Å²) in [5.74, 6) is -0.947. The molecule has 0 unspecified atom stereocenters. The smallest absolute Gasteiger partial charge is 0.371 e. The minimum atomic E-state index is -4.52. The molecule has 9 heteroatoms. The molecule has 2 aromatic carbocycles. The van der Waals surface area contributed by atoms with Crippen molar-refractivity contribution in [1.82, 2.24) is 0 Å². The van der Waals surface area contributed by atoms with Crippen LogP contribution in [0.2, 0.25) is 0 Å². The standard InChI is InChI=1S/C24H24F3N3O3/c1-15-3-2-4-19-21(15)17(22(31)29-19)14-28-16-5-6-20(18(13-16)24(25,26)27)30-9-7-23(8-10-30)32-11-12-33-23/h2-6,13-14,28H,7-12H2,1H3,(H,29,31). The zero-order chi connectivity index (χ0) is 23.2. The normalized spacial score (nSPS) is 20.9. The molecule has 174 valence electrons. The van der Waals surface area contributed by atoms with Crippen molar-refractivity contribution >= 4 is 28.5 Å². The number of halogens is 3. The molecule has 5 rings (SSSR count). The fraction of sp³-hybridized carbons (Fsp3) is 0.375. The van der Waals surface area contributed by atoms with Crippen LogP contribution in [0.3, 0.4) is 0 Å². The molecule has 0 saturated carbocycles. The Bertz CT molecular complexity index is 1110. The van der Waals surface area contributed by atoms with Crippen LogP contribution in [0.4, 0.5) is 30.2 Å². The number of hydrogen-bond acceptors (Lipinski definition) is 5. The molecule has 3 aliphatic heterocycles. The van der Waals surface area contributed by atoms with Crippen LogP contribution in [0, 0.1) is 6.92 Å². The number of amides is 1. The van der Waals surface area contributed by atoms with E-state index in [1.165, 1.54) is 12.3 Å². The molecule has 0 aliphatic carbocycles. The summed E-state index contributed by atoms with van der Waals surface area (Å²) in [5.41, 5.74) is 2.40. The van der Waals surface area contributed by atoms with Gasteiger partial charge in [0.1, 0.15) is 0 Å². The monoisotopic (exact) mass is 459 g/mol. The van der Waals surface area contributed by atoms with Gasteiger partial charge in [0.15, 0.2) is 5.79 Å². The Labute approximate surface area is 189 Å². The van der Waals surface area contributed by atoms with Gasteiger partial charge in [0.25, 0.3) is 5.91 Å². The molecule has 0 aromatic heterocycles. The molecule has 0 radical (unpaired) electrons. The third-order valence-electron chi connectivity index (χ3n) is 6.40. The summed E-state index contributed by atoms with van der Waals surface area (Å²) >= 11 is 0. The minimum Gasteiger partial charge on any atom is -0.371 e. The molecular formula is C24H24F3N3O3. The average Bonchev–Trinajstić information content (AvgIpc) is 3.36. The second-order valence-electron chi connectivity index (χ2n) is 8.48. The lowest BCUT2D eigenvalue weighted by Crippen LogP contribution is -2.45. The number of carbonyl (C=O) groups is 1. The van der Waals surface area contributed by atoms with Crippen LogP contribution in [0.25, 0.3) is 5.57 Å². The van der Waals surface area contributed by atoms with E-state index in [-0.39, 0.29) is 17.3 Å². The Morgan fingerprint density at radius 2 is 1.85 bits per heavy atom. The lowest BCUT2D eigenvalue weighted by Gasteiger charge is -2.39. The minimum absolute atomic E-state index is 0.133. The van der Waals surface area contributed by atoms with E-state index >= 15 is 0 Å². The summed E-state index contributed by atoms with van der Waals surface area (Å²) in [5, 5.41) is 5.66. The molecule has 0 bridgehead atoms. The van der Waals surface area contributed by atoms with Gasteiger partial charge in [-0.25, -0.2) is 0 Å². The van der Waals surface area contributed by atoms with Gasteiger partial charge in [0.2, 0.25) is 0 Å². The van der Waals surface area contributed by atoms with Gasteiger partial charge in [-0.05, 0) is 36.8 Å². The molecule has 1 spiro atoms. The highest BCUT2D eigenvalue weighted by molar-refractivity contribution is 6.32. The first-order valence-corrected chi connectivity index (χ1v) is 10.9. The van der Waals surface area contributed by atoms with E-state index in [4.69, 9.17) is 9.47 Å². The number of ether oxygens (including phenoxy) is 2. The second-order valence-corrected chi connectivity index (χ2v) is 8.48. The predicted octanol–water partition coefficient (Wildman–Crippen LogP) is 4.76. The predicted molar refractivity (Wildman–Crippen MR) is 119 cm³/mol. The lowest BCUT2D eigenvalue weighted by molar-refractivity contribution is -0.169. The summed E-state index contributed by atoms with van der Waals surface area (Å²) in [4.78, 5) is 14.1. The van der Waals surface area contributed by atoms with Gasteiger partial charge in [0.05, 0.1) is 24.4 Å². The first kappa shape index (κ1) is 21.8. The van der Waals surface area contributed by atoms with Gasteiger partial charge in [-0.1, -0.05) is 12.1 Å². The van der Waals surface area contributed by atoms with Crippen molar-refractivity contribution in [3.05, 3.63) is 59.3 Å². The van der Waals surface area contributed by atoms with Crippen LogP contribution in [-0.4, -0.2) is 38.0 Å². The molecule has 33 heavy (non-hydrogen) atoms. The number of piperidine rings is 1. The Hall–Kier alpha value is -3.04. The lowest BCUT2D eigenvalue weighted by atomic mass is 10.0. The van der Waals surface area contributed by atoms with E-state index in [0.717, 1.165) is 17.2 Å². The van der Waals surface area contributed by atoms with Crippen molar-refractivity contribution in [3.63, 3.8) is 0 Å². The maximum absolute atomic E-state index is 13.9. The van der Waals surface area contributed by atoms with Crippen LogP contribution in [0.5, 0.6) is 0 Å². The number of carbonyl (C=O) groups excluding carboxylic acids is 1. The van der Waals surface area contributed by atoms with Crippen molar-refractivity contribution in [3.8, 4) is 0 Å². The van der Waals surface area contributed by atoms with Crippen molar-refractivity contribution < 1.29 is 27.4 Å². The highest BCUT2D eigenvalue weighted by atomic mass is 19.4. The van der Waals surface area contributed by atoms with Gasteiger partial charge in [-0.3, -0.25) is 4.79 Å². The number of nitrogens with zero attached hydrogens (tertiary/aromatic N) is 1. The van der Waals surface area contributed by atoms with Gasteiger partial charge in [-0.15, -0.1) is 0 Å². The van der Waals surface area contributed by atoms with Gasteiger partial charge >= 0.3 is 6.18 Å². The SMILES string of the molecule is Cc1cccc2c1C(=CNc1ccc(N3CCC4(CC3)OCCO4)c(C(F)(F)F)c1)C(=O)N2. The number of rotatable bonds is 3. The molecular weight excluding hydrogens is 435 g/mol. The Balaban J connectivity index is 1.40. The van der Waals surface area contributed by atoms with E-state index < -0.39 is 17.5 Å². The first-order chi connectivity index (χ1) is 15.8. The Morgan fingerprint density at radius 1 is 1.12 bits per heavy atom.